The summed E-state index contributed by atoms with van der Waals surface area (Å²) >= 11 is 4.87. The van der Waals surface area contributed by atoms with E-state index in [4.69, 9.17) is 4.74 Å². The summed E-state index contributed by atoms with van der Waals surface area (Å²) in [6.07, 6.45) is 3.54. The summed E-state index contributed by atoms with van der Waals surface area (Å²) in [4.78, 5) is 12.1. The van der Waals surface area contributed by atoms with Crippen molar-refractivity contribution in [1.29, 1.82) is 0 Å². The quantitative estimate of drug-likeness (QED) is 0.720. The maximum Gasteiger partial charge on any atom is 0.283 e. The Bertz CT molecular complexity index is 480. The van der Waals surface area contributed by atoms with Gasteiger partial charge in [0.25, 0.3) is 5.56 Å². The number of thioether (sulfide) groups is 1. The number of aliphatic hydroxyl groups excluding tert-OH is 1. The van der Waals surface area contributed by atoms with Gasteiger partial charge >= 0.3 is 0 Å². The van der Waals surface area contributed by atoms with Crippen LogP contribution in [0.3, 0.4) is 0 Å². The molecule has 1 heterocycles. The Balaban J connectivity index is 2.87. The Morgan fingerprint density at radius 3 is 2.90 bits per heavy atom. The average Bonchev–Trinajstić information content (AvgIpc) is 2.44. The number of halogens is 1. The van der Waals surface area contributed by atoms with Gasteiger partial charge < -0.3 is 15.2 Å². The third-order valence-corrected chi connectivity index (χ3v) is 4.84. The van der Waals surface area contributed by atoms with Crippen LogP contribution in [0.25, 0.3) is 0 Å². The maximum absolute atomic E-state index is 12.1. The molecule has 0 saturated heterocycles. The molecule has 0 aliphatic heterocycles. The first-order valence-electron chi connectivity index (χ1n) is 6.19. The van der Waals surface area contributed by atoms with Gasteiger partial charge in [-0.05, 0) is 29.1 Å². The number of anilines is 1. The van der Waals surface area contributed by atoms with Crippen LogP contribution in [-0.2, 0) is 11.3 Å². The van der Waals surface area contributed by atoms with Crippen LogP contribution in [-0.4, -0.2) is 52.8 Å². The van der Waals surface area contributed by atoms with Crippen LogP contribution in [0.1, 0.15) is 6.92 Å². The lowest BCUT2D eigenvalue weighted by molar-refractivity contribution is 0.181. The zero-order valence-electron chi connectivity index (χ0n) is 11.8. The van der Waals surface area contributed by atoms with Gasteiger partial charge in [0.1, 0.15) is 4.47 Å². The Morgan fingerprint density at radius 1 is 1.65 bits per heavy atom. The van der Waals surface area contributed by atoms with E-state index in [0.29, 0.717) is 23.3 Å². The lowest BCUT2D eigenvalue weighted by atomic mass is 10.2. The number of nitrogens with zero attached hydrogens (tertiary/aromatic N) is 2. The van der Waals surface area contributed by atoms with Crippen LogP contribution in [0.5, 0.6) is 0 Å². The van der Waals surface area contributed by atoms with Gasteiger partial charge in [0.2, 0.25) is 0 Å². The molecule has 1 aromatic rings. The second-order valence-electron chi connectivity index (χ2n) is 4.28. The van der Waals surface area contributed by atoms with E-state index in [1.807, 2.05) is 13.2 Å². The number of aliphatic hydroxyl groups is 1. The maximum atomic E-state index is 12.1. The van der Waals surface area contributed by atoms with E-state index in [1.165, 1.54) is 4.68 Å². The first kappa shape index (κ1) is 17.5. The molecule has 0 aromatic carbocycles. The van der Waals surface area contributed by atoms with E-state index < -0.39 is 0 Å². The molecule has 0 radical (unpaired) electrons. The van der Waals surface area contributed by atoms with E-state index in [2.05, 4.69) is 26.3 Å². The Kier molecular flexibility index (Phi) is 7.57. The minimum atomic E-state index is -0.205. The minimum absolute atomic E-state index is 0.0160. The second-order valence-corrected chi connectivity index (χ2v) is 6.15. The molecule has 0 saturated carbocycles. The molecular weight excluding hydrogens is 346 g/mol. The standard InChI is InChI=1S/C12H20BrN3O3S/c1-8(10(7-17)20-3)15-9-6-14-16(4-5-19-2)12(18)11(9)13/h6,8,10,15,17H,4-5,7H2,1-3H3. The molecule has 2 N–H and O–H groups in total. The summed E-state index contributed by atoms with van der Waals surface area (Å²) in [7, 11) is 1.58. The summed E-state index contributed by atoms with van der Waals surface area (Å²) in [5, 5.41) is 16.6. The van der Waals surface area contributed by atoms with Crippen molar-refractivity contribution in [3.05, 3.63) is 21.0 Å². The normalized spacial score (nSPS) is 14.1. The zero-order chi connectivity index (χ0) is 15.1. The van der Waals surface area contributed by atoms with E-state index in [-0.39, 0.29) is 23.5 Å². The fourth-order valence-corrected chi connectivity index (χ4v) is 2.72. The lowest BCUT2D eigenvalue weighted by Gasteiger charge is -2.22. The monoisotopic (exact) mass is 365 g/mol. The van der Waals surface area contributed by atoms with Crippen molar-refractivity contribution in [2.24, 2.45) is 0 Å². The van der Waals surface area contributed by atoms with Crippen molar-refractivity contribution in [3.63, 3.8) is 0 Å². The van der Waals surface area contributed by atoms with Crippen molar-refractivity contribution >= 4 is 33.4 Å². The first-order valence-corrected chi connectivity index (χ1v) is 8.28. The summed E-state index contributed by atoms with van der Waals surface area (Å²) in [5.41, 5.74) is 0.424. The number of hydrogen-bond acceptors (Lipinski definition) is 6. The highest BCUT2D eigenvalue weighted by atomic mass is 79.9. The molecule has 20 heavy (non-hydrogen) atoms. The van der Waals surface area contributed by atoms with E-state index >= 15 is 0 Å². The van der Waals surface area contributed by atoms with Gasteiger partial charge in [-0.3, -0.25) is 4.79 Å². The molecule has 0 bridgehead atoms. The zero-order valence-corrected chi connectivity index (χ0v) is 14.2. The molecule has 6 nitrogen and oxygen atoms in total. The van der Waals surface area contributed by atoms with Crippen LogP contribution in [0.2, 0.25) is 0 Å². The minimum Gasteiger partial charge on any atom is -0.395 e. The number of aromatic nitrogens is 2. The summed E-state index contributed by atoms with van der Waals surface area (Å²) in [6, 6.07) is 0.0160. The van der Waals surface area contributed by atoms with Crippen LogP contribution >= 0.6 is 27.7 Å². The summed E-state index contributed by atoms with van der Waals surface area (Å²) in [5.74, 6) is 0. The highest BCUT2D eigenvalue weighted by Gasteiger charge is 2.17. The predicted octanol–water partition coefficient (Wildman–Crippen LogP) is 1.18. The van der Waals surface area contributed by atoms with Crippen molar-refractivity contribution in [3.8, 4) is 0 Å². The highest BCUT2D eigenvalue weighted by molar-refractivity contribution is 9.10. The molecule has 0 aliphatic rings. The summed E-state index contributed by atoms with van der Waals surface area (Å²) in [6.45, 7) is 2.88. The van der Waals surface area contributed by atoms with Gasteiger partial charge in [0, 0.05) is 18.4 Å². The number of ether oxygens (including phenoxy) is 1. The van der Waals surface area contributed by atoms with E-state index in [9.17, 15) is 9.90 Å². The number of rotatable bonds is 8. The highest BCUT2D eigenvalue weighted by Crippen LogP contribution is 2.20. The topological polar surface area (TPSA) is 76.4 Å². The van der Waals surface area contributed by atoms with Crippen LogP contribution < -0.4 is 10.9 Å². The molecular formula is C12H20BrN3O3S. The molecule has 0 amide bonds. The van der Waals surface area contributed by atoms with Gasteiger partial charge in [0.15, 0.2) is 0 Å². The molecule has 0 spiro atoms. The van der Waals surface area contributed by atoms with Gasteiger partial charge in [0.05, 0.1) is 31.6 Å². The van der Waals surface area contributed by atoms with Gasteiger partial charge in [-0.1, -0.05) is 0 Å². The Hall–Kier alpha value is -0.570. The van der Waals surface area contributed by atoms with Gasteiger partial charge in [-0.25, -0.2) is 4.68 Å². The molecule has 1 rings (SSSR count). The first-order chi connectivity index (χ1) is 9.54. The third kappa shape index (κ3) is 4.47. The van der Waals surface area contributed by atoms with Crippen molar-refractivity contribution < 1.29 is 9.84 Å². The smallest absolute Gasteiger partial charge is 0.283 e. The fourth-order valence-electron chi connectivity index (χ4n) is 1.68. The van der Waals surface area contributed by atoms with Gasteiger partial charge in [-0.15, -0.1) is 0 Å². The molecule has 114 valence electrons. The van der Waals surface area contributed by atoms with Crippen LogP contribution in [0, 0.1) is 0 Å². The SMILES string of the molecule is COCCn1ncc(NC(C)C(CO)SC)c(Br)c1=O. The van der Waals surface area contributed by atoms with Crippen molar-refractivity contribution in [2.45, 2.75) is 24.8 Å². The lowest BCUT2D eigenvalue weighted by Crippen LogP contribution is -2.33. The van der Waals surface area contributed by atoms with Gasteiger partial charge in [-0.2, -0.15) is 16.9 Å². The van der Waals surface area contributed by atoms with E-state index in [1.54, 1.807) is 25.1 Å². The predicted molar refractivity (Wildman–Crippen MR) is 85.5 cm³/mol. The molecule has 2 atom stereocenters. The molecule has 0 aliphatic carbocycles. The Labute approximate surface area is 131 Å². The molecule has 8 heteroatoms. The largest absolute Gasteiger partial charge is 0.395 e. The van der Waals surface area contributed by atoms with Crippen molar-refractivity contribution in [1.82, 2.24) is 9.78 Å². The molecule has 1 aromatic heterocycles. The Morgan fingerprint density at radius 2 is 2.35 bits per heavy atom. The number of nitrogens with one attached hydrogen (secondary N) is 1. The number of hydrogen-bond donors (Lipinski definition) is 2. The second kappa shape index (κ2) is 8.66. The van der Waals surface area contributed by atoms with Crippen molar-refractivity contribution in [2.75, 3.05) is 31.9 Å². The molecule has 2 unspecified atom stereocenters. The van der Waals surface area contributed by atoms with Crippen LogP contribution in [0.15, 0.2) is 15.5 Å². The molecule has 0 fully saturated rings. The number of methoxy groups -OCH3 is 1. The fraction of sp³-hybridized carbons (Fsp3) is 0.667. The van der Waals surface area contributed by atoms with Crippen LogP contribution in [0.4, 0.5) is 5.69 Å². The summed E-state index contributed by atoms with van der Waals surface area (Å²) < 4.78 is 6.72. The van der Waals surface area contributed by atoms with E-state index in [0.717, 1.165) is 0 Å². The third-order valence-electron chi connectivity index (χ3n) is 2.92. The average molecular weight is 366 g/mol.